The van der Waals surface area contributed by atoms with Crippen molar-refractivity contribution in [3.8, 4) is 16.6 Å². The third kappa shape index (κ3) is 4.44. The lowest BCUT2D eigenvalue weighted by Crippen LogP contribution is -2.25. The maximum atomic E-state index is 12.3. The van der Waals surface area contributed by atoms with Crippen molar-refractivity contribution in [1.29, 1.82) is 0 Å². The van der Waals surface area contributed by atoms with Crippen LogP contribution in [0.2, 0.25) is 0 Å². The maximum absolute atomic E-state index is 12.3. The van der Waals surface area contributed by atoms with E-state index in [1.807, 2.05) is 48.0 Å². The van der Waals surface area contributed by atoms with E-state index in [-0.39, 0.29) is 5.91 Å². The molecule has 0 radical (unpaired) electrons. The van der Waals surface area contributed by atoms with Crippen LogP contribution in [-0.4, -0.2) is 27.2 Å². The third-order valence-corrected chi connectivity index (χ3v) is 4.88. The number of para-hydroxylation sites is 1. The van der Waals surface area contributed by atoms with Crippen molar-refractivity contribution < 1.29 is 9.53 Å². The van der Waals surface area contributed by atoms with E-state index in [0.29, 0.717) is 24.3 Å². The van der Waals surface area contributed by atoms with Gasteiger partial charge in [0.2, 0.25) is 5.13 Å². The minimum absolute atomic E-state index is 0.117. The van der Waals surface area contributed by atoms with Gasteiger partial charge in [-0.2, -0.15) is 5.10 Å². The number of hydrogen-bond donors (Lipinski definition) is 1. The molecule has 140 valence electrons. The van der Waals surface area contributed by atoms with Gasteiger partial charge in [0, 0.05) is 36.3 Å². The van der Waals surface area contributed by atoms with Crippen LogP contribution in [0.5, 0.6) is 11.5 Å². The van der Waals surface area contributed by atoms with Gasteiger partial charge in [-0.15, -0.1) is 11.3 Å². The Hall–Kier alpha value is -3.45. The number of rotatable bonds is 7. The molecule has 0 spiro atoms. The second-order valence-corrected chi connectivity index (χ2v) is 6.85. The summed E-state index contributed by atoms with van der Waals surface area (Å²) in [6.45, 7) is 0.517. The Labute approximate surface area is 166 Å². The summed E-state index contributed by atoms with van der Waals surface area (Å²) in [5, 5.41) is 9.89. The molecule has 0 saturated carbocycles. The highest BCUT2D eigenvalue weighted by molar-refractivity contribution is 7.12. The van der Waals surface area contributed by atoms with Crippen LogP contribution in [0.25, 0.3) is 5.13 Å². The Bertz CT molecular complexity index is 1030. The molecular weight excluding hydrogens is 372 g/mol. The minimum atomic E-state index is -0.117. The van der Waals surface area contributed by atoms with Gasteiger partial charge < -0.3 is 10.1 Å². The lowest BCUT2D eigenvalue weighted by Gasteiger charge is -2.07. The van der Waals surface area contributed by atoms with Gasteiger partial charge in [-0.3, -0.25) is 4.79 Å². The fourth-order valence-electron chi connectivity index (χ4n) is 2.60. The number of thiazole rings is 1. The monoisotopic (exact) mass is 390 g/mol. The first-order valence-electron chi connectivity index (χ1n) is 8.83. The number of benzene rings is 2. The van der Waals surface area contributed by atoms with Gasteiger partial charge in [0.1, 0.15) is 11.5 Å². The van der Waals surface area contributed by atoms with Crippen LogP contribution in [-0.2, 0) is 6.42 Å². The highest BCUT2D eigenvalue weighted by Gasteiger charge is 2.08. The van der Waals surface area contributed by atoms with Crippen LogP contribution >= 0.6 is 11.3 Å². The number of carbonyl (C=O) groups is 1. The van der Waals surface area contributed by atoms with Crippen LogP contribution < -0.4 is 10.1 Å². The quantitative estimate of drug-likeness (QED) is 0.516. The Morgan fingerprint density at radius 3 is 2.57 bits per heavy atom. The molecule has 1 N–H and O–H groups in total. The van der Waals surface area contributed by atoms with Crippen molar-refractivity contribution in [1.82, 2.24) is 20.1 Å². The molecule has 1 amide bonds. The molecular formula is C21H18N4O2S. The predicted molar refractivity (Wildman–Crippen MR) is 108 cm³/mol. The van der Waals surface area contributed by atoms with Gasteiger partial charge in [-0.05, 0) is 42.5 Å². The van der Waals surface area contributed by atoms with Gasteiger partial charge in [0.05, 0.1) is 5.69 Å². The van der Waals surface area contributed by atoms with Crippen molar-refractivity contribution in [2.24, 2.45) is 0 Å². The van der Waals surface area contributed by atoms with Crippen molar-refractivity contribution >= 4 is 17.2 Å². The molecule has 0 saturated heterocycles. The molecule has 0 aliphatic carbocycles. The van der Waals surface area contributed by atoms with Crippen molar-refractivity contribution in [3.63, 3.8) is 0 Å². The second-order valence-electron chi connectivity index (χ2n) is 6.02. The van der Waals surface area contributed by atoms with E-state index in [1.165, 1.54) is 11.3 Å². The molecule has 0 aliphatic rings. The molecule has 0 atom stereocenters. The van der Waals surface area contributed by atoms with E-state index in [4.69, 9.17) is 4.74 Å². The average molecular weight is 390 g/mol. The molecule has 2 heterocycles. The van der Waals surface area contributed by atoms with Crippen LogP contribution in [0.4, 0.5) is 0 Å². The van der Waals surface area contributed by atoms with Gasteiger partial charge in [-0.1, -0.05) is 18.2 Å². The molecule has 2 aromatic heterocycles. The molecule has 0 fully saturated rings. The molecule has 4 aromatic rings. The van der Waals surface area contributed by atoms with Gasteiger partial charge in [0.25, 0.3) is 5.91 Å². The molecule has 0 unspecified atom stereocenters. The van der Waals surface area contributed by atoms with E-state index in [1.54, 1.807) is 35.1 Å². The van der Waals surface area contributed by atoms with E-state index in [9.17, 15) is 4.79 Å². The predicted octanol–water partition coefficient (Wildman–Crippen LogP) is 4.09. The van der Waals surface area contributed by atoms with E-state index >= 15 is 0 Å². The standard InChI is InChI=1S/C21H18N4O2S/c26-20(16-7-9-19(10-8-16)27-18-5-2-1-3-6-18)22-13-11-17-15-28-21(24-17)25-14-4-12-23-25/h1-10,12,14-15H,11,13H2,(H,22,26). The van der Waals surface area contributed by atoms with Crippen LogP contribution in [0.1, 0.15) is 16.1 Å². The zero-order valence-corrected chi connectivity index (χ0v) is 15.8. The van der Waals surface area contributed by atoms with E-state index < -0.39 is 0 Å². The molecule has 2 aromatic carbocycles. The summed E-state index contributed by atoms with van der Waals surface area (Å²) in [5.41, 5.74) is 1.53. The molecule has 7 heteroatoms. The smallest absolute Gasteiger partial charge is 0.251 e. The summed E-state index contributed by atoms with van der Waals surface area (Å²) in [6, 6.07) is 18.5. The van der Waals surface area contributed by atoms with E-state index in [0.717, 1.165) is 16.6 Å². The van der Waals surface area contributed by atoms with Gasteiger partial charge in [-0.25, -0.2) is 9.67 Å². The maximum Gasteiger partial charge on any atom is 0.251 e. The average Bonchev–Trinajstić information content (AvgIpc) is 3.41. The molecule has 6 nitrogen and oxygen atoms in total. The molecule has 0 bridgehead atoms. The number of amides is 1. The second kappa shape index (κ2) is 8.49. The summed E-state index contributed by atoms with van der Waals surface area (Å²) in [5.74, 6) is 1.34. The van der Waals surface area contributed by atoms with Crippen LogP contribution in [0.15, 0.2) is 78.4 Å². The molecule has 4 rings (SSSR count). The Balaban J connectivity index is 1.28. The summed E-state index contributed by atoms with van der Waals surface area (Å²) in [6.07, 6.45) is 4.24. The highest BCUT2D eigenvalue weighted by Crippen LogP contribution is 2.21. The van der Waals surface area contributed by atoms with Crippen LogP contribution in [0, 0.1) is 0 Å². The first kappa shape index (κ1) is 17.9. The van der Waals surface area contributed by atoms with E-state index in [2.05, 4.69) is 15.4 Å². The van der Waals surface area contributed by atoms with Gasteiger partial charge in [0.15, 0.2) is 0 Å². The highest BCUT2D eigenvalue weighted by atomic mass is 32.1. The van der Waals surface area contributed by atoms with Crippen LogP contribution in [0.3, 0.4) is 0 Å². The summed E-state index contributed by atoms with van der Waals surface area (Å²) < 4.78 is 7.47. The molecule has 28 heavy (non-hydrogen) atoms. The number of nitrogens with zero attached hydrogens (tertiary/aromatic N) is 3. The topological polar surface area (TPSA) is 69.0 Å². The summed E-state index contributed by atoms with van der Waals surface area (Å²) in [7, 11) is 0. The minimum Gasteiger partial charge on any atom is -0.457 e. The lowest BCUT2D eigenvalue weighted by molar-refractivity contribution is 0.0954. The summed E-state index contributed by atoms with van der Waals surface area (Å²) in [4.78, 5) is 16.8. The fraction of sp³-hybridized carbons (Fsp3) is 0.0952. The zero-order chi connectivity index (χ0) is 19.2. The number of carbonyl (C=O) groups excluding carboxylic acids is 1. The number of ether oxygens (including phenoxy) is 1. The van der Waals surface area contributed by atoms with Gasteiger partial charge >= 0.3 is 0 Å². The number of hydrogen-bond acceptors (Lipinski definition) is 5. The Morgan fingerprint density at radius 2 is 1.82 bits per heavy atom. The number of nitrogens with one attached hydrogen (secondary N) is 1. The third-order valence-electron chi connectivity index (χ3n) is 4.00. The Kier molecular flexibility index (Phi) is 5.44. The largest absolute Gasteiger partial charge is 0.457 e. The number of aromatic nitrogens is 3. The fourth-order valence-corrected chi connectivity index (χ4v) is 3.40. The van der Waals surface area contributed by atoms with Crippen molar-refractivity contribution in [3.05, 3.63) is 89.7 Å². The zero-order valence-electron chi connectivity index (χ0n) is 15.0. The van der Waals surface area contributed by atoms with Crippen molar-refractivity contribution in [2.45, 2.75) is 6.42 Å². The summed E-state index contributed by atoms with van der Waals surface area (Å²) >= 11 is 1.53. The Morgan fingerprint density at radius 1 is 1.04 bits per heavy atom. The normalized spacial score (nSPS) is 10.6. The first-order valence-corrected chi connectivity index (χ1v) is 9.71. The SMILES string of the molecule is O=C(NCCc1csc(-n2cccn2)n1)c1ccc(Oc2ccccc2)cc1. The first-order chi connectivity index (χ1) is 13.8. The molecule has 0 aliphatic heterocycles. The lowest BCUT2D eigenvalue weighted by atomic mass is 10.2. The van der Waals surface area contributed by atoms with Crippen molar-refractivity contribution in [2.75, 3.05) is 6.54 Å².